The van der Waals surface area contributed by atoms with Crippen LogP contribution < -0.4 is 14.8 Å². The normalized spacial score (nSPS) is 10.6. The van der Waals surface area contributed by atoms with Crippen LogP contribution in [0.5, 0.6) is 11.5 Å². The zero-order valence-corrected chi connectivity index (χ0v) is 17.9. The number of carbonyl (C=O) groups is 1. The molecule has 7 heteroatoms. The summed E-state index contributed by atoms with van der Waals surface area (Å²) in [6, 6.07) is 22.5. The minimum atomic E-state index is -0.241. The number of aryl methyl sites for hydroxylation is 2. The maximum atomic E-state index is 12.1. The molecule has 0 unspecified atom stereocenters. The summed E-state index contributed by atoms with van der Waals surface area (Å²) in [4.78, 5) is 16.5. The maximum Gasteiger partial charge on any atom is 0.264 e. The number of amides is 1. The first-order valence-electron chi connectivity index (χ1n) is 10.2. The van der Waals surface area contributed by atoms with Crippen molar-refractivity contribution in [2.24, 2.45) is 0 Å². The van der Waals surface area contributed by atoms with E-state index in [2.05, 4.69) is 15.5 Å². The van der Waals surface area contributed by atoms with Crippen molar-refractivity contribution in [2.45, 2.75) is 20.5 Å². The molecule has 0 bridgehead atoms. The van der Waals surface area contributed by atoms with Crippen molar-refractivity contribution < 1.29 is 18.8 Å². The Bertz CT molecular complexity index is 1180. The number of aromatic nitrogens is 2. The summed E-state index contributed by atoms with van der Waals surface area (Å²) in [6.45, 7) is 4.07. The summed E-state index contributed by atoms with van der Waals surface area (Å²) in [5, 5.41) is 6.81. The average molecular weight is 429 g/mol. The fourth-order valence-electron chi connectivity index (χ4n) is 2.92. The lowest BCUT2D eigenvalue weighted by molar-refractivity contribution is -0.118. The summed E-state index contributed by atoms with van der Waals surface area (Å²) >= 11 is 0. The molecule has 0 saturated carbocycles. The van der Waals surface area contributed by atoms with Crippen LogP contribution >= 0.6 is 0 Å². The molecule has 0 aliphatic rings. The third kappa shape index (κ3) is 5.72. The fraction of sp³-hybridized carbons (Fsp3) is 0.160. The van der Waals surface area contributed by atoms with Crippen molar-refractivity contribution in [2.75, 3.05) is 11.9 Å². The lowest BCUT2D eigenvalue weighted by Crippen LogP contribution is -2.20. The molecule has 4 rings (SSSR count). The van der Waals surface area contributed by atoms with E-state index in [9.17, 15) is 4.79 Å². The first-order valence-corrected chi connectivity index (χ1v) is 10.2. The monoisotopic (exact) mass is 429 g/mol. The molecule has 0 saturated heterocycles. The van der Waals surface area contributed by atoms with Gasteiger partial charge in [-0.05, 0) is 50.2 Å². The van der Waals surface area contributed by atoms with E-state index in [-0.39, 0.29) is 19.1 Å². The van der Waals surface area contributed by atoms with Crippen molar-refractivity contribution in [3.8, 4) is 22.9 Å². The first kappa shape index (κ1) is 21.1. The molecule has 7 nitrogen and oxygen atoms in total. The maximum absolute atomic E-state index is 12.1. The van der Waals surface area contributed by atoms with E-state index in [1.807, 2.05) is 68.4 Å². The van der Waals surface area contributed by atoms with Gasteiger partial charge >= 0.3 is 0 Å². The molecule has 0 fully saturated rings. The predicted octanol–water partition coefficient (Wildman–Crippen LogP) is 4.95. The Balaban J connectivity index is 1.33. The highest BCUT2D eigenvalue weighted by molar-refractivity contribution is 5.91. The van der Waals surface area contributed by atoms with Crippen LogP contribution in [0.25, 0.3) is 11.4 Å². The van der Waals surface area contributed by atoms with Crippen LogP contribution in [0.2, 0.25) is 0 Å². The van der Waals surface area contributed by atoms with Crippen LogP contribution in [0.3, 0.4) is 0 Å². The molecule has 4 aromatic rings. The quantitative estimate of drug-likeness (QED) is 0.426. The van der Waals surface area contributed by atoms with Gasteiger partial charge in [-0.15, -0.1) is 0 Å². The minimum absolute atomic E-state index is 0.112. The minimum Gasteiger partial charge on any atom is -0.484 e. The van der Waals surface area contributed by atoms with E-state index in [1.165, 1.54) is 0 Å². The summed E-state index contributed by atoms with van der Waals surface area (Å²) in [5.41, 5.74) is 3.73. The van der Waals surface area contributed by atoms with E-state index in [4.69, 9.17) is 14.0 Å². The van der Waals surface area contributed by atoms with Gasteiger partial charge in [0, 0.05) is 11.3 Å². The van der Waals surface area contributed by atoms with Gasteiger partial charge < -0.3 is 19.3 Å². The predicted molar refractivity (Wildman–Crippen MR) is 121 cm³/mol. The van der Waals surface area contributed by atoms with Gasteiger partial charge in [-0.25, -0.2) is 0 Å². The molecule has 32 heavy (non-hydrogen) atoms. The first-order chi connectivity index (χ1) is 15.5. The van der Waals surface area contributed by atoms with Gasteiger partial charge in [0.2, 0.25) is 5.82 Å². The molecule has 0 atom stereocenters. The Morgan fingerprint density at radius 1 is 0.906 bits per heavy atom. The molecule has 1 amide bonds. The second kappa shape index (κ2) is 9.78. The van der Waals surface area contributed by atoms with Gasteiger partial charge in [0.05, 0.1) is 0 Å². The average Bonchev–Trinajstić information content (AvgIpc) is 3.28. The third-order valence-electron chi connectivity index (χ3n) is 4.65. The number of nitrogens with zero attached hydrogens (tertiary/aromatic N) is 2. The highest BCUT2D eigenvalue weighted by atomic mass is 16.5. The van der Waals surface area contributed by atoms with E-state index in [1.54, 1.807) is 18.2 Å². The standard InChI is InChI=1S/C25H23N3O4/c1-17-6-10-20(11-7-17)26-23(29)15-30-22-5-3-4-19(14-22)25-27-24(32-28-25)16-31-21-12-8-18(2)9-13-21/h3-14H,15-16H2,1-2H3,(H,26,29). The second-order valence-electron chi connectivity index (χ2n) is 7.34. The summed E-state index contributed by atoms with van der Waals surface area (Å²) < 4.78 is 16.6. The van der Waals surface area contributed by atoms with Crippen LogP contribution in [0.1, 0.15) is 17.0 Å². The molecule has 0 aliphatic heterocycles. The molecule has 1 heterocycles. The number of rotatable bonds is 8. The Kier molecular flexibility index (Phi) is 6.46. The largest absolute Gasteiger partial charge is 0.484 e. The summed E-state index contributed by atoms with van der Waals surface area (Å²) in [7, 11) is 0. The van der Waals surface area contributed by atoms with E-state index < -0.39 is 0 Å². The second-order valence-corrected chi connectivity index (χ2v) is 7.34. The Morgan fingerprint density at radius 3 is 2.38 bits per heavy atom. The molecule has 0 spiro atoms. The molecule has 0 radical (unpaired) electrons. The van der Waals surface area contributed by atoms with Gasteiger partial charge in [0.1, 0.15) is 11.5 Å². The third-order valence-corrected chi connectivity index (χ3v) is 4.65. The number of benzene rings is 3. The van der Waals surface area contributed by atoms with Crippen molar-refractivity contribution in [1.29, 1.82) is 0 Å². The van der Waals surface area contributed by atoms with Gasteiger partial charge in [-0.2, -0.15) is 4.98 Å². The molecule has 1 aromatic heterocycles. The van der Waals surface area contributed by atoms with Crippen LogP contribution in [-0.2, 0) is 11.4 Å². The highest BCUT2D eigenvalue weighted by Crippen LogP contribution is 2.22. The zero-order valence-electron chi connectivity index (χ0n) is 17.9. The van der Waals surface area contributed by atoms with Gasteiger partial charge in [0.25, 0.3) is 11.8 Å². The molecular formula is C25H23N3O4. The van der Waals surface area contributed by atoms with Crippen LogP contribution in [0, 0.1) is 13.8 Å². The summed E-state index contributed by atoms with van der Waals surface area (Å²) in [5.74, 6) is 1.80. The fourth-order valence-corrected chi connectivity index (χ4v) is 2.92. The molecule has 1 N–H and O–H groups in total. The SMILES string of the molecule is Cc1ccc(NC(=O)COc2cccc(-c3noc(COc4ccc(C)cc4)n3)c2)cc1. The lowest BCUT2D eigenvalue weighted by Gasteiger charge is -2.08. The van der Waals surface area contributed by atoms with Crippen molar-refractivity contribution >= 4 is 11.6 Å². The number of nitrogens with one attached hydrogen (secondary N) is 1. The van der Waals surface area contributed by atoms with Crippen LogP contribution in [-0.4, -0.2) is 22.7 Å². The number of hydrogen-bond donors (Lipinski definition) is 1. The lowest BCUT2D eigenvalue weighted by atomic mass is 10.2. The highest BCUT2D eigenvalue weighted by Gasteiger charge is 2.11. The van der Waals surface area contributed by atoms with Crippen molar-refractivity contribution in [1.82, 2.24) is 10.1 Å². The van der Waals surface area contributed by atoms with Gasteiger partial charge in [0.15, 0.2) is 13.2 Å². The number of carbonyl (C=O) groups excluding carboxylic acids is 1. The Hall–Kier alpha value is -4.13. The molecule has 0 aliphatic carbocycles. The van der Waals surface area contributed by atoms with Crippen molar-refractivity contribution in [3.05, 3.63) is 89.8 Å². The topological polar surface area (TPSA) is 86.5 Å². The van der Waals surface area contributed by atoms with E-state index >= 15 is 0 Å². The zero-order chi connectivity index (χ0) is 22.3. The van der Waals surface area contributed by atoms with E-state index in [0.29, 0.717) is 23.0 Å². The van der Waals surface area contributed by atoms with E-state index in [0.717, 1.165) is 22.6 Å². The number of hydrogen-bond acceptors (Lipinski definition) is 6. The van der Waals surface area contributed by atoms with Crippen LogP contribution in [0.15, 0.2) is 77.3 Å². The smallest absolute Gasteiger partial charge is 0.264 e. The van der Waals surface area contributed by atoms with Gasteiger partial charge in [-0.3, -0.25) is 4.79 Å². The Morgan fingerprint density at radius 2 is 1.62 bits per heavy atom. The number of ether oxygens (including phenoxy) is 2. The van der Waals surface area contributed by atoms with Crippen LogP contribution in [0.4, 0.5) is 5.69 Å². The molecule has 3 aromatic carbocycles. The summed E-state index contributed by atoms with van der Waals surface area (Å²) in [6.07, 6.45) is 0. The molecule has 162 valence electrons. The number of anilines is 1. The van der Waals surface area contributed by atoms with Crippen molar-refractivity contribution in [3.63, 3.8) is 0 Å². The Labute approximate surface area is 186 Å². The van der Waals surface area contributed by atoms with Gasteiger partial charge in [-0.1, -0.05) is 52.7 Å². The molecular weight excluding hydrogens is 406 g/mol.